The Hall–Kier alpha value is -3.07. The summed E-state index contributed by atoms with van der Waals surface area (Å²) in [6, 6.07) is 19.9. The van der Waals surface area contributed by atoms with Crippen LogP contribution in [0.15, 0.2) is 65.5 Å². The molecule has 2 aromatic heterocycles. The van der Waals surface area contributed by atoms with Gasteiger partial charge in [-0.05, 0) is 29.7 Å². The van der Waals surface area contributed by atoms with Gasteiger partial charge in [-0.25, -0.2) is 0 Å². The van der Waals surface area contributed by atoms with E-state index in [1.807, 2.05) is 52.9 Å². The van der Waals surface area contributed by atoms with E-state index in [1.54, 1.807) is 7.11 Å². The van der Waals surface area contributed by atoms with Crippen LogP contribution in [-0.4, -0.2) is 11.5 Å². The van der Waals surface area contributed by atoms with E-state index in [9.17, 15) is 4.79 Å². The van der Waals surface area contributed by atoms with Crippen molar-refractivity contribution in [3.05, 3.63) is 71.0 Å². The van der Waals surface area contributed by atoms with Crippen molar-refractivity contribution in [1.29, 1.82) is 0 Å². The molecule has 0 amide bonds. The van der Waals surface area contributed by atoms with Gasteiger partial charge in [0.05, 0.1) is 18.1 Å². The zero-order chi connectivity index (χ0) is 15.6. The van der Waals surface area contributed by atoms with Gasteiger partial charge in [-0.2, -0.15) is 0 Å². The van der Waals surface area contributed by atoms with Gasteiger partial charge >= 0.3 is 0 Å². The maximum atomic E-state index is 13.1. The van der Waals surface area contributed by atoms with Gasteiger partial charge in [0.25, 0.3) is 5.56 Å². The quantitative estimate of drug-likeness (QED) is 0.434. The SMILES string of the molecule is COc1ccc2c(c1)c1cccc3c4ccccc4c(=O)n2c31. The fraction of sp³-hybridized carbons (Fsp3) is 0.0500. The first-order valence-electron chi connectivity index (χ1n) is 7.55. The van der Waals surface area contributed by atoms with Crippen molar-refractivity contribution >= 4 is 38.0 Å². The highest BCUT2D eigenvalue weighted by atomic mass is 16.5. The molecule has 0 spiro atoms. The number of hydrogen-bond donors (Lipinski definition) is 0. The highest BCUT2D eigenvalue weighted by Crippen LogP contribution is 2.35. The minimum absolute atomic E-state index is 0.0319. The van der Waals surface area contributed by atoms with Crippen LogP contribution >= 0.6 is 0 Å². The van der Waals surface area contributed by atoms with Crippen LogP contribution in [-0.2, 0) is 0 Å². The van der Waals surface area contributed by atoms with Gasteiger partial charge in [0.1, 0.15) is 5.75 Å². The van der Waals surface area contributed by atoms with Crippen molar-refractivity contribution < 1.29 is 4.74 Å². The fourth-order valence-electron chi connectivity index (χ4n) is 3.63. The summed E-state index contributed by atoms with van der Waals surface area (Å²) >= 11 is 0. The number of pyridine rings is 1. The molecule has 0 radical (unpaired) electrons. The highest BCUT2D eigenvalue weighted by Gasteiger charge is 2.16. The number of nitrogens with zero attached hydrogens (tertiary/aromatic N) is 1. The standard InChI is InChI=1S/C20H13NO2/c1-23-12-9-10-18-17(11-12)15-8-4-7-14-13-5-2-3-6-16(13)20(22)21(18)19(14)15/h2-11H,1H3. The predicted octanol–water partition coefficient (Wildman–Crippen LogP) is 4.21. The van der Waals surface area contributed by atoms with E-state index in [-0.39, 0.29) is 5.56 Å². The Morgan fingerprint density at radius 1 is 0.783 bits per heavy atom. The maximum Gasteiger partial charge on any atom is 0.263 e. The smallest absolute Gasteiger partial charge is 0.263 e. The molecule has 0 fully saturated rings. The summed E-state index contributed by atoms with van der Waals surface area (Å²) in [5, 5.41) is 4.99. The third kappa shape index (κ3) is 1.46. The molecule has 0 aliphatic heterocycles. The number of fused-ring (bicyclic) bond motifs is 5. The lowest BCUT2D eigenvalue weighted by atomic mass is 10.0. The molecule has 2 heterocycles. The molecular weight excluding hydrogens is 286 g/mol. The molecule has 5 aromatic rings. The number of rotatable bonds is 1. The topological polar surface area (TPSA) is 30.7 Å². The first-order valence-corrected chi connectivity index (χ1v) is 7.55. The Morgan fingerprint density at radius 2 is 1.48 bits per heavy atom. The van der Waals surface area contributed by atoms with E-state index in [0.29, 0.717) is 0 Å². The van der Waals surface area contributed by atoms with Gasteiger partial charge in [-0.3, -0.25) is 9.20 Å². The van der Waals surface area contributed by atoms with Gasteiger partial charge in [0, 0.05) is 21.5 Å². The normalized spacial score (nSPS) is 11.9. The van der Waals surface area contributed by atoms with Crippen LogP contribution in [0.3, 0.4) is 0 Å². The Morgan fingerprint density at radius 3 is 2.26 bits per heavy atom. The molecule has 23 heavy (non-hydrogen) atoms. The van der Waals surface area contributed by atoms with Crippen LogP contribution in [0, 0.1) is 0 Å². The molecule has 0 unspecified atom stereocenters. The maximum absolute atomic E-state index is 13.1. The third-order valence-corrected chi connectivity index (χ3v) is 4.65. The molecular formula is C20H13NO2. The molecule has 0 bridgehead atoms. The largest absolute Gasteiger partial charge is 0.497 e. The molecule has 0 atom stereocenters. The molecule has 3 heteroatoms. The van der Waals surface area contributed by atoms with Crippen LogP contribution in [0.1, 0.15) is 0 Å². The molecule has 0 aliphatic rings. The molecule has 0 saturated heterocycles. The van der Waals surface area contributed by atoms with E-state index >= 15 is 0 Å². The van der Waals surface area contributed by atoms with Gasteiger partial charge in [0.15, 0.2) is 0 Å². The Labute approximate surface area is 131 Å². The second kappa shape index (κ2) is 4.23. The van der Waals surface area contributed by atoms with Gasteiger partial charge in [-0.1, -0.05) is 36.4 Å². The first kappa shape index (κ1) is 12.5. The van der Waals surface area contributed by atoms with Gasteiger partial charge in [-0.15, -0.1) is 0 Å². The van der Waals surface area contributed by atoms with E-state index in [0.717, 1.165) is 43.7 Å². The van der Waals surface area contributed by atoms with Crippen molar-refractivity contribution in [3.63, 3.8) is 0 Å². The second-order valence-electron chi connectivity index (χ2n) is 5.77. The molecule has 0 saturated carbocycles. The van der Waals surface area contributed by atoms with Crippen molar-refractivity contribution in [3.8, 4) is 5.75 Å². The average Bonchev–Trinajstić information content (AvgIpc) is 2.94. The van der Waals surface area contributed by atoms with Crippen molar-refractivity contribution in [2.45, 2.75) is 0 Å². The fourth-order valence-corrected chi connectivity index (χ4v) is 3.63. The zero-order valence-electron chi connectivity index (χ0n) is 12.5. The van der Waals surface area contributed by atoms with Crippen molar-refractivity contribution in [1.82, 2.24) is 4.40 Å². The summed E-state index contributed by atoms with van der Waals surface area (Å²) in [5.41, 5.74) is 1.94. The number of aromatic nitrogens is 1. The molecule has 5 rings (SSSR count). The van der Waals surface area contributed by atoms with Crippen molar-refractivity contribution in [2.24, 2.45) is 0 Å². The summed E-state index contributed by atoms with van der Waals surface area (Å²) in [6.07, 6.45) is 0. The van der Waals surface area contributed by atoms with Crippen LogP contribution in [0.2, 0.25) is 0 Å². The summed E-state index contributed by atoms with van der Waals surface area (Å²) in [6.45, 7) is 0. The highest BCUT2D eigenvalue weighted by molar-refractivity contribution is 6.20. The Bertz CT molecular complexity index is 1270. The van der Waals surface area contributed by atoms with Crippen molar-refractivity contribution in [2.75, 3.05) is 7.11 Å². The summed E-state index contributed by atoms with van der Waals surface area (Å²) in [7, 11) is 1.66. The average molecular weight is 299 g/mol. The second-order valence-corrected chi connectivity index (χ2v) is 5.77. The van der Waals surface area contributed by atoms with E-state index in [2.05, 4.69) is 12.1 Å². The number of ether oxygens (including phenoxy) is 1. The number of para-hydroxylation sites is 1. The first-order chi connectivity index (χ1) is 11.3. The third-order valence-electron chi connectivity index (χ3n) is 4.65. The van der Waals surface area contributed by atoms with Crippen LogP contribution in [0.25, 0.3) is 38.0 Å². The number of methoxy groups -OCH3 is 1. The zero-order valence-corrected chi connectivity index (χ0v) is 12.5. The molecule has 0 N–H and O–H groups in total. The molecule has 3 nitrogen and oxygen atoms in total. The van der Waals surface area contributed by atoms with Crippen LogP contribution in [0.5, 0.6) is 5.75 Å². The summed E-state index contributed by atoms with van der Waals surface area (Å²) in [4.78, 5) is 13.1. The Balaban J connectivity index is 2.21. The lowest BCUT2D eigenvalue weighted by Crippen LogP contribution is -2.12. The van der Waals surface area contributed by atoms with Crippen LogP contribution < -0.4 is 10.3 Å². The minimum Gasteiger partial charge on any atom is -0.497 e. The van der Waals surface area contributed by atoms with Gasteiger partial charge in [0.2, 0.25) is 0 Å². The molecule has 3 aromatic carbocycles. The number of benzene rings is 3. The van der Waals surface area contributed by atoms with E-state index < -0.39 is 0 Å². The minimum atomic E-state index is 0.0319. The lowest BCUT2D eigenvalue weighted by molar-refractivity contribution is 0.415. The monoisotopic (exact) mass is 299 g/mol. The predicted molar refractivity (Wildman–Crippen MR) is 93.9 cm³/mol. The van der Waals surface area contributed by atoms with Gasteiger partial charge < -0.3 is 4.74 Å². The lowest BCUT2D eigenvalue weighted by Gasteiger charge is -2.05. The van der Waals surface area contributed by atoms with Crippen LogP contribution in [0.4, 0.5) is 0 Å². The number of hydrogen-bond acceptors (Lipinski definition) is 2. The van der Waals surface area contributed by atoms with E-state index in [1.165, 1.54) is 0 Å². The summed E-state index contributed by atoms with van der Waals surface area (Å²) in [5.74, 6) is 0.797. The molecule has 110 valence electrons. The summed E-state index contributed by atoms with van der Waals surface area (Å²) < 4.78 is 7.19. The molecule has 0 aliphatic carbocycles. The Kier molecular flexibility index (Phi) is 2.29. The van der Waals surface area contributed by atoms with E-state index in [4.69, 9.17) is 4.74 Å².